The largest absolute Gasteiger partial charge is 0.508 e. The number of hydrogen-bond donors (Lipinski definition) is 1. The van der Waals surface area contributed by atoms with E-state index in [1.54, 1.807) is 12.1 Å². The average Bonchev–Trinajstić information content (AvgIpc) is 2.58. The molecule has 1 aromatic carbocycles. The van der Waals surface area contributed by atoms with E-state index in [1.807, 2.05) is 0 Å². The lowest BCUT2D eigenvalue weighted by atomic mass is 9.82. The monoisotopic (exact) mass is 340 g/mol. The molecule has 0 spiro atoms. The van der Waals surface area contributed by atoms with Gasteiger partial charge in [-0.05, 0) is 56.9 Å². The zero-order valence-electron chi connectivity index (χ0n) is 15.4. The maximum absolute atomic E-state index is 12.5. The van der Waals surface area contributed by atoms with Gasteiger partial charge in [-0.2, -0.15) is 0 Å². The van der Waals surface area contributed by atoms with E-state index in [-0.39, 0.29) is 23.2 Å². The van der Waals surface area contributed by atoms with Crippen LogP contribution in [0.2, 0.25) is 0 Å². The second-order valence-electron chi connectivity index (χ2n) is 7.38. The molecule has 3 heteroatoms. The lowest BCUT2D eigenvalue weighted by molar-refractivity contribution is 0.00160. The maximum atomic E-state index is 12.5. The van der Waals surface area contributed by atoms with Crippen LogP contribution in [-0.2, 0) is 4.74 Å². The Bertz CT molecular complexity index is 678. The molecule has 1 aromatic rings. The Morgan fingerprint density at radius 2 is 1.92 bits per heavy atom. The Balaban J connectivity index is 2.21. The van der Waals surface area contributed by atoms with E-state index in [4.69, 9.17) is 4.74 Å². The number of esters is 1. The Labute approximate surface area is 150 Å². The number of ether oxygens (including phenoxy) is 1. The van der Waals surface area contributed by atoms with E-state index in [9.17, 15) is 9.90 Å². The fourth-order valence-electron chi connectivity index (χ4n) is 2.87. The first kappa shape index (κ1) is 19.0. The van der Waals surface area contributed by atoms with Gasteiger partial charge >= 0.3 is 5.97 Å². The van der Waals surface area contributed by atoms with Crippen molar-refractivity contribution in [3.8, 4) is 5.75 Å². The molecule has 0 saturated heterocycles. The molecule has 25 heavy (non-hydrogen) atoms. The van der Waals surface area contributed by atoms with E-state index in [0.29, 0.717) is 5.56 Å². The summed E-state index contributed by atoms with van der Waals surface area (Å²) in [6.07, 6.45) is 9.78. The highest BCUT2D eigenvalue weighted by Crippen LogP contribution is 2.32. The van der Waals surface area contributed by atoms with Crippen LogP contribution in [0.25, 0.3) is 0 Å². The van der Waals surface area contributed by atoms with Gasteiger partial charge in [-0.15, -0.1) is 0 Å². The van der Waals surface area contributed by atoms with Crippen molar-refractivity contribution in [2.45, 2.75) is 52.6 Å². The Kier molecular flexibility index (Phi) is 6.24. The van der Waals surface area contributed by atoms with Crippen LogP contribution >= 0.6 is 0 Å². The van der Waals surface area contributed by atoms with Gasteiger partial charge in [-0.3, -0.25) is 0 Å². The van der Waals surface area contributed by atoms with Crippen molar-refractivity contribution >= 4 is 5.97 Å². The first-order valence-corrected chi connectivity index (χ1v) is 8.80. The van der Waals surface area contributed by atoms with Gasteiger partial charge in [-0.25, -0.2) is 4.79 Å². The summed E-state index contributed by atoms with van der Waals surface area (Å²) in [4.78, 5) is 12.5. The fourth-order valence-corrected chi connectivity index (χ4v) is 2.87. The molecule has 0 saturated carbocycles. The van der Waals surface area contributed by atoms with Crippen molar-refractivity contribution in [1.82, 2.24) is 0 Å². The number of rotatable bonds is 2. The molecular formula is C22H28O3. The number of allylic oxidation sites excluding steroid dienone is 4. The summed E-state index contributed by atoms with van der Waals surface area (Å²) in [6, 6.07) is 6.16. The van der Waals surface area contributed by atoms with E-state index >= 15 is 0 Å². The predicted octanol–water partition coefficient (Wildman–Crippen LogP) is 5.58. The third kappa shape index (κ3) is 5.63. The molecule has 0 aliphatic heterocycles. The van der Waals surface area contributed by atoms with E-state index in [2.05, 4.69) is 45.6 Å². The van der Waals surface area contributed by atoms with Crippen LogP contribution < -0.4 is 0 Å². The second-order valence-corrected chi connectivity index (χ2v) is 7.38. The summed E-state index contributed by atoms with van der Waals surface area (Å²) in [5.41, 5.74) is 2.56. The molecule has 2 rings (SSSR count). The van der Waals surface area contributed by atoms with Gasteiger partial charge in [0.2, 0.25) is 0 Å². The molecule has 0 fully saturated rings. The number of hydrogen-bond acceptors (Lipinski definition) is 3. The van der Waals surface area contributed by atoms with Crippen LogP contribution in [-0.4, -0.2) is 17.2 Å². The Hall–Kier alpha value is -2.29. The van der Waals surface area contributed by atoms with Gasteiger partial charge in [0.15, 0.2) is 0 Å². The molecule has 0 aromatic heterocycles. The molecule has 1 atom stereocenters. The van der Waals surface area contributed by atoms with Gasteiger partial charge < -0.3 is 9.84 Å². The van der Waals surface area contributed by atoms with Crippen molar-refractivity contribution in [2.75, 3.05) is 0 Å². The van der Waals surface area contributed by atoms with Crippen molar-refractivity contribution in [2.24, 2.45) is 5.41 Å². The van der Waals surface area contributed by atoms with Crippen LogP contribution in [0, 0.1) is 5.41 Å². The van der Waals surface area contributed by atoms with E-state index in [1.165, 1.54) is 17.7 Å². The lowest BCUT2D eigenvalue weighted by Gasteiger charge is -2.31. The normalized spacial score (nSPS) is 21.2. The molecule has 1 aliphatic rings. The molecule has 0 heterocycles. The van der Waals surface area contributed by atoms with Crippen molar-refractivity contribution in [3.05, 3.63) is 65.8 Å². The van der Waals surface area contributed by atoms with E-state index in [0.717, 1.165) is 31.3 Å². The van der Waals surface area contributed by atoms with Crippen LogP contribution in [0.4, 0.5) is 0 Å². The number of phenolic OH excluding ortho intramolecular Hbond substituents is 1. The highest BCUT2D eigenvalue weighted by Gasteiger charge is 2.31. The summed E-state index contributed by atoms with van der Waals surface area (Å²) in [7, 11) is 0. The van der Waals surface area contributed by atoms with Crippen molar-refractivity contribution < 1.29 is 14.6 Å². The molecule has 0 radical (unpaired) electrons. The van der Waals surface area contributed by atoms with Gasteiger partial charge in [0, 0.05) is 5.41 Å². The number of aromatic hydroxyl groups is 1. The summed E-state index contributed by atoms with van der Waals surface area (Å²) < 4.78 is 5.86. The van der Waals surface area contributed by atoms with Gasteiger partial charge in [0.05, 0.1) is 5.56 Å². The molecule has 1 N–H and O–H groups in total. The third-order valence-electron chi connectivity index (χ3n) is 4.69. The maximum Gasteiger partial charge on any atom is 0.338 e. The summed E-state index contributed by atoms with van der Waals surface area (Å²) in [6.45, 7) is 10.4. The summed E-state index contributed by atoms with van der Waals surface area (Å²) in [5, 5.41) is 9.37. The Morgan fingerprint density at radius 1 is 1.24 bits per heavy atom. The number of carbonyl (C=O) groups excluding carboxylic acids is 1. The fraction of sp³-hybridized carbons (Fsp3) is 0.409. The molecular weight excluding hydrogens is 312 g/mol. The quantitative estimate of drug-likeness (QED) is 0.565. The second kappa shape index (κ2) is 8.19. The van der Waals surface area contributed by atoms with Crippen LogP contribution in [0.15, 0.2) is 60.2 Å². The van der Waals surface area contributed by atoms with E-state index < -0.39 is 0 Å². The van der Waals surface area contributed by atoms with Crippen molar-refractivity contribution in [1.29, 1.82) is 0 Å². The molecule has 134 valence electrons. The SMILES string of the molecule is C=C1C=CC(C)(C)[C@H](OC(=O)c2ccc(O)cc2)CCC(C)=CCC1. The summed E-state index contributed by atoms with van der Waals surface area (Å²) >= 11 is 0. The number of carbonyl (C=O) groups is 1. The molecule has 1 aliphatic carbocycles. The van der Waals surface area contributed by atoms with Crippen molar-refractivity contribution in [3.63, 3.8) is 0 Å². The predicted molar refractivity (Wildman–Crippen MR) is 102 cm³/mol. The first-order chi connectivity index (χ1) is 11.8. The first-order valence-electron chi connectivity index (χ1n) is 8.80. The summed E-state index contributed by atoms with van der Waals surface area (Å²) in [5.74, 6) is -0.226. The van der Waals surface area contributed by atoms with Crippen LogP contribution in [0.3, 0.4) is 0 Å². The number of benzene rings is 1. The Morgan fingerprint density at radius 3 is 2.60 bits per heavy atom. The molecule has 0 unspecified atom stereocenters. The van der Waals surface area contributed by atoms with Gasteiger partial charge in [-0.1, -0.05) is 49.8 Å². The number of phenols is 1. The highest BCUT2D eigenvalue weighted by molar-refractivity contribution is 5.89. The standard InChI is InChI=1S/C22H28O3/c1-16-6-5-7-17(2)14-15-22(3,4)20(13-8-16)25-21(24)18-9-11-19(23)12-10-18/h6,9-12,14-15,20,23H,2,5,7-8,13H2,1,3-4H3/t20-/m1/s1. The zero-order valence-corrected chi connectivity index (χ0v) is 15.4. The average molecular weight is 340 g/mol. The minimum absolute atomic E-state index is 0.133. The molecule has 0 bridgehead atoms. The highest BCUT2D eigenvalue weighted by atomic mass is 16.5. The smallest absolute Gasteiger partial charge is 0.338 e. The van der Waals surface area contributed by atoms with Crippen LogP contribution in [0.1, 0.15) is 56.8 Å². The third-order valence-corrected chi connectivity index (χ3v) is 4.69. The lowest BCUT2D eigenvalue weighted by Crippen LogP contribution is -2.32. The van der Waals surface area contributed by atoms with Gasteiger partial charge in [0.1, 0.15) is 11.9 Å². The topological polar surface area (TPSA) is 46.5 Å². The van der Waals surface area contributed by atoms with Gasteiger partial charge in [0.25, 0.3) is 0 Å². The molecule has 3 nitrogen and oxygen atoms in total. The zero-order chi connectivity index (χ0) is 18.4. The van der Waals surface area contributed by atoms with Crippen LogP contribution in [0.5, 0.6) is 5.75 Å². The molecule has 0 amide bonds. The minimum atomic E-state index is -0.359. The minimum Gasteiger partial charge on any atom is -0.508 e.